The van der Waals surface area contributed by atoms with Gasteiger partial charge in [0, 0.05) is 27.3 Å². The van der Waals surface area contributed by atoms with Crippen LogP contribution in [0.25, 0.3) is 11.0 Å². The molecule has 43 heavy (non-hydrogen) atoms. The average Bonchev–Trinajstić information content (AvgIpc) is 3.58. The molecule has 1 unspecified atom stereocenters. The fourth-order valence-electron chi connectivity index (χ4n) is 4.63. The van der Waals surface area contributed by atoms with Crippen molar-refractivity contribution >= 4 is 34.4 Å². The van der Waals surface area contributed by atoms with Crippen molar-refractivity contribution in [1.82, 2.24) is 34.3 Å². The van der Waals surface area contributed by atoms with Crippen LogP contribution in [0.2, 0.25) is 0 Å². The summed E-state index contributed by atoms with van der Waals surface area (Å²) >= 11 is 0. The van der Waals surface area contributed by atoms with Crippen LogP contribution in [0, 0.1) is 5.92 Å². The molecule has 1 aromatic carbocycles. The molecule has 0 saturated carbocycles. The number of fused-ring (bicyclic) bond motifs is 1. The van der Waals surface area contributed by atoms with Crippen molar-refractivity contribution < 1.29 is 14.4 Å². The zero-order chi connectivity index (χ0) is 31.1. The third kappa shape index (κ3) is 7.85. The van der Waals surface area contributed by atoms with Crippen LogP contribution >= 0.6 is 0 Å². The van der Waals surface area contributed by atoms with Crippen molar-refractivity contribution in [3.8, 4) is 0 Å². The topological polar surface area (TPSA) is 147 Å². The summed E-state index contributed by atoms with van der Waals surface area (Å²) in [6, 6.07) is 8.22. The summed E-state index contributed by atoms with van der Waals surface area (Å²) in [5.74, 6) is -0.133. The molecule has 3 heterocycles. The van der Waals surface area contributed by atoms with Gasteiger partial charge in [-0.15, -0.1) is 0 Å². The van der Waals surface area contributed by atoms with Gasteiger partial charge in [0.1, 0.15) is 23.2 Å². The van der Waals surface area contributed by atoms with E-state index in [1.54, 1.807) is 44.0 Å². The van der Waals surface area contributed by atoms with Crippen LogP contribution in [0.4, 0.5) is 5.69 Å². The van der Waals surface area contributed by atoms with Gasteiger partial charge in [-0.25, -0.2) is 9.97 Å². The van der Waals surface area contributed by atoms with Crippen LogP contribution in [-0.2, 0) is 29.6 Å². The highest BCUT2D eigenvalue weighted by atomic mass is 16.2. The van der Waals surface area contributed by atoms with E-state index in [1.165, 1.54) is 34.1 Å². The average molecular weight is 587 g/mol. The number of amides is 3. The number of aromatic amines is 1. The standard InChI is InChI=1S/C31H38N8O4/c1-20(2)16-21-10-8-12-22-28(21)36-26(33-22)18-39-15-9-13-24(31(39)43)35-29(41)23(11-6-7-14-27(40)37(3)4)34-30(42)25-17-32-19-38(25)5/h7-10,12-15,17,19-20,23H,6,11,16,18H2,1-5H3,(H,33,36)(H,34,42)(H,35,41). The Morgan fingerprint density at radius 2 is 1.93 bits per heavy atom. The lowest BCUT2D eigenvalue weighted by Gasteiger charge is -2.18. The third-order valence-corrected chi connectivity index (χ3v) is 6.87. The van der Waals surface area contributed by atoms with Crippen molar-refractivity contribution in [2.75, 3.05) is 19.4 Å². The molecule has 0 saturated heterocycles. The summed E-state index contributed by atoms with van der Waals surface area (Å²) in [6.45, 7) is 4.50. The van der Waals surface area contributed by atoms with Gasteiger partial charge < -0.3 is 29.7 Å². The fourth-order valence-corrected chi connectivity index (χ4v) is 4.63. The molecule has 0 bridgehead atoms. The van der Waals surface area contributed by atoms with Crippen molar-refractivity contribution in [1.29, 1.82) is 0 Å². The summed E-state index contributed by atoms with van der Waals surface area (Å²) in [5.41, 5.74) is 2.87. The molecule has 0 spiro atoms. The zero-order valence-corrected chi connectivity index (χ0v) is 25.1. The lowest BCUT2D eigenvalue weighted by Crippen LogP contribution is -2.45. The molecule has 0 radical (unpaired) electrons. The van der Waals surface area contributed by atoms with Gasteiger partial charge in [0.15, 0.2) is 0 Å². The Balaban J connectivity index is 1.52. The highest BCUT2D eigenvalue weighted by molar-refractivity contribution is 6.00. The Hall–Kier alpha value is -5.00. The first-order valence-electron chi connectivity index (χ1n) is 14.1. The molecule has 3 amide bonds. The first-order chi connectivity index (χ1) is 20.5. The number of para-hydroxylation sites is 1. The van der Waals surface area contributed by atoms with Crippen molar-refractivity contribution in [2.24, 2.45) is 13.0 Å². The number of rotatable bonds is 12. The molecule has 0 aliphatic heterocycles. The maximum atomic E-state index is 13.4. The molecule has 226 valence electrons. The molecule has 3 aromatic heterocycles. The molecule has 12 heteroatoms. The SMILES string of the molecule is CC(C)Cc1cccc2[nH]c(Cn3cccc(NC(=O)C(CCC=CC(=O)N(C)C)NC(=O)c4cncn4C)c3=O)nc12. The van der Waals surface area contributed by atoms with Crippen LogP contribution in [0.5, 0.6) is 0 Å². The highest BCUT2D eigenvalue weighted by Gasteiger charge is 2.23. The lowest BCUT2D eigenvalue weighted by molar-refractivity contribution is -0.123. The van der Waals surface area contributed by atoms with E-state index >= 15 is 0 Å². The molecular formula is C31H38N8O4. The van der Waals surface area contributed by atoms with Gasteiger partial charge in [0.05, 0.1) is 30.1 Å². The molecule has 1 atom stereocenters. The number of nitrogens with one attached hydrogen (secondary N) is 3. The molecular weight excluding hydrogens is 548 g/mol. The molecule has 0 fully saturated rings. The van der Waals surface area contributed by atoms with Gasteiger partial charge >= 0.3 is 0 Å². The first-order valence-corrected chi connectivity index (χ1v) is 14.1. The second kappa shape index (κ2) is 13.8. The van der Waals surface area contributed by atoms with Gasteiger partial charge in [-0.05, 0) is 55.0 Å². The maximum absolute atomic E-state index is 13.4. The van der Waals surface area contributed by atoms with Gasteiger partial charge in [-0.1, -0.05) is 32.1 Å². The summed E-state index contributed by atoms with van der Waals surface area (Å²) in [6.07, 6.45) is 9.01. The van der Waals surface area contributed by atoms with E-state index in [0.717, 1.165) is 23.0 Å². The fraction of sp³-hybridized carbons (Fsp3) is 0.355. The summed E-state index contributed by atoms with van der Waals surface area (Å²) in [5, 5.41) is 5.42. The molecule has 12 nitrogen and oxygen atoms in total. The zero-order valence-electron chi connectivity index (χ0n) is 25.1. The van der Waals surface area contributed by atoms with Gasteiger partial charge in [0.2, 0.25) is 11.8 Å². The van der Waals surface area contributed by atoms with Gasteiger partial charge in [-0.2, -0.15) is 0 Å². The second-order valence-corrected chi connectivity index (χ2v) is 11.1. The minimum Gasteiger partial charge on any atom is -0.345 e. The number of imidazole rings is 2. The van der Waals surface area contributed by atoms with Gasteiger partial charge in [-0.3, -0.25) is 19.2 Å². The van der Waals surface area contributed by atoms with E-state index in [-0.39, 0.29) is 30.3 Å². The Bertz CT molecular complexity index is 1700. The lowest BCUT2D eigenvalue weighted by atomic mass is 10.0. The minimum absolute atomic E-state index is 0.0715. The number of allylic oxidation sites excluding steroid dienone is 1. The number of hydrogen-bond donors (Lipinski definition) is 3. The van der Waals surface area contributed by atoms with E-state index in [9.17, 15) is 19.2 Å². The molecule has 4 aromatic rings. The number of likely N-dealkylation sites (N-methyl/N-ethyl adjacent to an activating group) is 1. The second-order valence-electron chi connectivity index (χ2n) is 11.1. The number of nitrogens with zero attached hydrogens (tertiary/aromatic N) is 5. The first kappa shape index (κ1) is 30.9. The number of benzene rings is 1. The van der Waals surface area contributed by atoms with Crippen molar-refractivity contribution in [2.45, 2.75) is 45.7 Å². The predicted molar refractivity (Wildman–Crippen MR) is 165 cm³/mol. The van der Waals surface area contributed by atoms with E-state index < -0.39 is 23.4 Å². The molecule has 0 aliphatic carbocycles. The van der Waals surface area contributed by atoms with Crippen LogP contribution in [0.15, 0.2) is 66.0 Å². The van der Waals surface area contributed by atoms with Crippen LogP contribution in [0.3, 0.4) is 0 Å². The smallest absolute Gasteiger partial charge is 0.274 e. The quantitative estimate of drug-likeness (QED) is 0.218. The third-order valence-electron chi connectivity index (χ3n) is 6.87. The van der Waals surface area contributed by atoms with Crippen LogP contribution in [-0.4, -0.2) is 66.8 Å². The van der Waals surface area contributed by atoms with Gasteiger partial charge in [0.25, 0.3) is 11.5 Å². The molecule has 0 aliphatic rings. The monoisotopic (exact) mass is 586 g/mol. The molecule has 4 rings (SSSR count). The highest BCUT2D eigenvalue weighted by Crippen LogP contribution is 2.20. The number of aromatic nitrogens is 5. The van der Waals surface area contributed by atoms with Crippen LogP contribution < -0.4 is 16.2 Å². The number of hydrogen-bond acceptors (Lipinski definition) is 6. The van der Waals surface area contributed by atoms with Crippen molar-refractivity contribution in [3.05, 3.63) is 88.6 Å². The number of carbonyl (C=O) groups excluding carboxylic acids is 3. The van der Waals surface area contributed by atoms with E-state index in [4.69, 9.17) is 4.98 Å². The number of pyridine rings is 1. The maximum Gasteiger partial charge on any atom is 0.274 e. The summed E-state index contributed by atoms with van der Waals surface area (Å²) in [4.78, 5) is 65.0. The van der Waals surface area contributed by atoms with E-state index in [0.29, 0.717) is 18.2 Å². The summed E-state index contributed by atoms with van der Waals surface area (Å²) < 4.78 is 3.01. The number of anilines is 1. The Labute approximate surface area is 249 Å². The minimum atomic E-state index is -0.982. The normalized spacial score (nSPS) is 12.1. The largest absolute Gasteiger partial charge is 0.345 e. The van der Waals surface area contributed by atoms with E-state index in [2.05, 4.69) is 40.5 Å². The predicted octanol–water partition coefficient (Wildman–Crippen LogP) is 2.87. The van der Waals surface area contributed by atoms with Crippen molar-refractivity contribution in [3.63, 3.8) is 0 Å². The summed E-state index contributed by atoms with van der Waals surface area (Å²) in [7, 11) is 4.95. The van der Waals surface area contributed by atoms with Crippen LogP contribution in [0.1, 0.15) is 48.6 Å². The molecule has 3 N–H and O–H groups in total. The number of carbonyl (C=O) groups is 3. The Kier molecular flexibility index (Phi) is 9.91. The number of H-pyrrole nitrogens is 1. The Morgan fingerprint density at radius 3 is 2.63 bits per heavy atom. The Morgan fingerprint density at radius 1 is 1.14 bits per heavy atom. The van der Waals surface area contributed by atoms with E-state index in [1.807, 2.05) is 12.1 Å². The number of aryl methyl sites for hydroxylation is 1.